The molecule has 0 saturated heterocycles. The number of nitrogens with one attached hydrogen (secondary N) is 1. The molecule has 0 aromatic carbocycles. The Bertz CT molecular complexity index is 603. The zero-order valence-electron chi connectivity index (χ0n) is 13.2. The van der Waals surface area contributed by atoms with Gasteiger partial charge in [-0.15, -0.1) is 0 Å². The van der Waals surface area contributed by atoms with Gasteiger partial charge in [0.2, 0.25) is 0 Å². The molecular weight excluding hydrogens is 280 g/mol. The van der Waals surface area contributed by atoms with Crippen LogP contribution in [0.1, 0.15) is 37.1 Å². The van der Waals surface area contributed by atoms with Crippen LogP contribution in [0.25, 0.3) is 0 Å². The van der Waals surface area contributed by atoms with Crippen molar-refractivity contribution >= 4 is 18.0 Å². The Morgan fingerprint density at radius 2 is 2.23 bits per heavy atom. The summed E-state index contributed by atoms with van der Waals surface area (Å²) < 4.78 is 6.05. The van der Waals surface area contributed by atoms with E-state index in [-0.39, 0.29) is 0 Å². The number of carbonyl (C=O) groups excluding carboxylic acids is 1. The first-order chi connectivity index (χ1) is 10.6. The van der Waals surface area contributed by atoms with Crippen molar-refractivity contribution in [2.75, 3.05) is 11.9 Å². The van der Waals surface area contributed by atoms with E-state index in [2.05, 4.69) is 26.2 Å². The van der Waals surface area contributed by atoms with Crippen LogP contribution in [0.3, 0.4) is 0 Å². The lowest BCUT2D eigenvalue weighted by molar-refractivity contribution is -0.128. The third-order valence-corrected chi connectivity index (χ3v) is 3.31. The van der Waals surface area contributed by atoms with Crippen molar-refractivity contribution in [3.05, 3.63) is 35.8 Å². The van der Waals surface area contributed by atoms with Gasteiger partial charge in [0.1, 0.15) is 5.82 Å². The van der Waals surface area contributed by atoms with E-state index in [9.17, 15) is 4.79 Å². The molecule has 6 nitrogen and oxygen atoms in total. The summed E-state index contributed by atoms with van der Waals surface area (Å²) >= 11 is 0. The predicted octanol–water partition coefficient (Wildman–Crippen LogP) is 2.92. The molecule has 22 heavy (non-hydrogen) atoms. The molecule has 0 aliphatic heterocycles. The number of anilines is 2. The van der Waals surface area contributed by atoms with Crippen LogP contribution in [-0.4, -0.2) is 27.8 Å². The average Bonchev–Trinajstić information content (AvgIpc) is 3.29. The fourth-order valence-electron chi connectivity index (χ4n) is 1.94. The van der Waals surface area contributed by atoms with E-state index < -0.39 is 0 Å². The van der Waals surface area contributed by atoms with Gasteiger partial charge in [-0.25, -0.2) is 0 Å². The zero-order valence-corrected chi connectivity index (χ0v) is 13.2. The number of hydrogen-bond donors (Lipinski definition) is 1. The van der Waals surface area contributed by atoms with Crippen molar-refractivity contribution in [2.45, 2.75) is 32.6 Å². The van der Waals surface area contributed by atoms with Gasteiger partial charge in [0.25, 0.3) is 6.47 Å². The summed E-state index contributed by atoms with van der Waals surface area (Å²) in [5.74, 6) is 1.71. The summed E-state index contributed by atoms with van der Waals surface area (Å²) in [5.41, 5.74) is 3.23. The SMILES string of the molecule is CCOC=O.Cc1ccc(Nc2cc(C3CC3)nn2C)cn1. The molecule has 6 heteroatoms. The number of aryl methyl sites for hydroxylation is 2. The fourth-order valence-corrected chi connectivity index (χ4v) is 1.94. The third kappa shape index (κ3) is 4.58. The van der Waals surface area contributed by atoms with E-state index in [1.165, 1.54) is 18.5 Å². The molecule has 1 aliphatic carbocycles. The van der Waals surface area contributed by atoms with Gasteiger partial charge < -0.3 is 10.1 Å². The second-order valence-electron chi connectivity index (χ2n) is 5.22. The Balaban J connectivity index is 0.000000309. The summed E-state index contributed by atoms with van der Waals surface area (Å²) in [6, 6.07) is 6.17. The maximum atomic E-state index is 9.18. The normalized spacial score (nSPS) is 13.0. The Labute approximate surface area is 130 Å². The van der Waals surface area contributed by atoms with Crippen LogP contribution in [0, 0.1) is 6.92 Å². The average molecular weight is 302 g/mol. The second kappa shape index (κ2) is 7.59. The summed E-state index contributed by atoms with van der Waals surface area (Å²) in [5, 5.41) is 7.86. The molecule has 2 aromatic rings. The first kappa shape index (κ1) is 16.0. The minimum absolute atomic E-state index is 0.431. The van der Waals surface area contributed by atoms with Gasteiger partial charge in [-0.05, 0) is 38.8 Å². The number of pyridine rings is 1. The molecule has 1 saturated carbocycles. The van der Waals surface area contributed by atoms with Crippen LogP contribution in [0.4, 0.5) is 11.5 Å². The molecule has 1 fully saturated rings. The van der Waals surface area contributed by atoms with E-state index >= 15 is 0 Å². The van der Waals surface area contributed by atoms with Gasteiger partial charge >= 0.3 is 0 Å². The molecule has 0 unspecified atom stereocenters. The van der Waals surface area contributed by atoms with Crippen LogP contribution in [0.5, 0.6) is 0 Å². The standard InChI is InChI=1S/C13H16N4.C3H6O2/c1-9-3-6-11(8-14-9)15-13-7-12(10-4-5-10)16-17(13)2;1-2-5-3-4/h3,6-8,10,15H,4-5H2,1-2H3;3H,2H2,1H3. The summed E-state index contributed by atoms with van der Waals surface area (Å²) in [4.78, 5) is 13.4. The van der Waals surface area contributed by atoms with E-state index in [0.717, 1.165) is 17.2 Å². The Morgan fingerprint density at radius 1 is 1.45 bits per heavy atom. The molecule has 2 heterocycles. The predicted molar refractivity (Wildman–Crippen MR) is 85.1 cm³/mol. The lowest BCUT2D eigenvalue weighted by Gasteiger charge is -2.05. The minimum atomic E-state index is 0.431. The molecule has 0 atom stereocenters. The topological polar surface area (TPSA) is 69.0 Å². The molecule has 3 rings (SSSR count). The molecule has 0 amide bonds. The van der Waals surface area contributed by atoms with Gasteiger partial charge in [0.15, 0.2) is 0 Å². The van der Waals surface area contributed by atoms with Crippen LogP contribution < -0.4 is 5.32 Å². The highest BCUT2D eigenvalue weighted by molar-refractivity contribution is 5.56. The number of nitrogens with zero attached hydrogens (tertiary/aromatic N) is 3. The van der Waals surface area contributed by atoms with Crippen molar-refractivity contribution in [1.29, 1.82) is 0 Å². The smallest absolute Gasteiger partial charge is 0.293 e. The third-order valence-electron chi connectivity index (χ3n) is 3.31. The highest BCUT2D eigenvalue weighted by atomic mass is 16.5. The molecule has 0 spiro atoms. The van der Waals surface area contributed by atoms with Crippen LogP contribution in [0.2, 0.25) is 0 Å². The van der Waals surface area contributed by atoms with E-state index in [1.54, 1.807) is 6.92 Å². The minimum Gasteiger partial charge on any atom is -0.468 e. The Morgan fingerprint density at radius 3 is 2.73 bits per heavy atom. The summed E-state index contributed by atoms with van der Waals surface area (Å²) in [6.45, 7) is 4.65. The summed E-state index contributed by atoms with van der Waals surface area (Å²) in [7, 11) is 1.97. The Hall–Kier alpha value is -2.37. The van der Waals surface area contributed by atoms with Gasteiger partial charge in [-0.3, -0.25) is 14.5 Å². The lowest BCUT2D eigenvalue weighted by Crippen LogP contribution is -1.99. The maximum absolute atomic E-state index is 9.18. The van der Waals surface area contributed by atoms with E-state index in [4.69, 9.17) is 0 Å². The van der Waals surface area contributed by atoms with E-state index in [0.29, 0.717) is 19.0 Å². The van der Waals surface area contributed by atoms with Gasteiger partial charge in [-0.2, -0.15) is 5.10 Å². The van der Waals surface area contributed by atoms with Crippen molar-refractivity contribution in [2.24, 2.45) is 7.05 Å². The largest absolute Gasteiger partial charge is 0.468 e. The lowest BCUT2D eigenvalue weighted by atomic mass is 10.3. The van der Waals surface area contributed by atoms with Crippen LogP contribution in [0.15, 0.2) is 24.4 Å². The monoisotopic (exact) mass is 302 g/mol. The summed E-state index contributed by atoms with van der Waals surface area (Å²) in [6.07, 6.45) is 4.41. The molecular formula is C16H22N4O2. The quantitative estimate of drug-likeness (QED) is 0.860. The van der Waals surface area contributed by atoms with Crippen LogP contribution >= 0.6 is 0 Å². The van der Waals surface area contributed by atoms with Gasteiger partial charge in [0.05, 0.1) is 24.2 Å². The number of hydrogen-bond acceptors (Lipinski definition) is 5. The first-order valence-electron chi connectivity index (χ1n) is 7.43. The highest BCUT2D eigenvalue weighted by Crippen LogP contribution is 2.40. The van der Waals surface area contributed by atoms with Crippen molar-refractivity contribution in [3.63, 3.8) is 0 Å². The number of ether oxygens (including phenoxy) is 1. The molecule has 0 bridgehead atoms. The molecule has 1 N–H and O–H groups in total. The first-order valence-corrected chi connectivity index (χ1v) is 7.43. The Kier molecular flexibility index (Phi) is 5.52. The number of carbonyl (C=O) groups is 1. The number of aromatic nitrogens is 3. The van der Waals surface area contributed by atoms with Crippen molar-refractivity contribution in [1.82, 2.24) is 14.8 Å². The fraction of sp³-hybridized carbons (Fsp3) is 0.438. The number of rotatable bonds is 5. The molecule has 2 aromatic heterocycles. The van der Waals surface area contributed by atoms with Crippen molar-refractivity contribution < 1.29 is 9.53 Å². The maximum Gasteiger partial charge on any atom is 0.293 e. The van der Waals surface area contributed by atoms with Crippen LogP contribution in [-0.2, 0) is 16.6 Å². The van der Waals surface area contributed by atoms with E-state index in [1.807, 2.05) is 37.0 Å². The zero-order chi connectivity index (χ0) is 15.9. The molecule has 1 aliphatic rings. The second-order valence-corrected chi connectivity index (χ2v) is 5.22. The highest BCUT2D eigenvalue weighted by Gasteiger charge is 2.26. The van der Waals surface area contributed by atoms with Crippen molar-refractivity contribution in [3.8, 4) is 0 Å². The van der Waals surface area contributed by atoms with Gasteiger partial charge in [0, 0.05) is 24.7 Å². The van der Waals surface area contributed by atoms with Gasteiger partial charge in [-0.1, -0.05) is 0 Å². The molecule has 0 radical (unpaired) electrons. The molecule has 118 valence electrons.